The molecule has 1 radical (unpaired) electrons. The minimum absolute atomic E-state index is 0. The van der Waals surface area contributed by atoms with Gasteiger partial charge in [-0.1, -0.05) is 20.8 Å². The van der Waals surface area contributed by atoms with Crippen LogP contribution in [-0.2, 0) is 25.0 Å². The number of ether oxygens (including phenoxy) is 1. The molecule has 1 rings (SSSR count). The van der Waals surface area contributed by atoms with E-state index >= 15 is 0 Å². The molecule has 0 atom stereocenters. The van der Waals surface area contributed by atoms with Crippen LogP contribution in [0.4, 0.5) is 0 Å². The van der Waals surface area contributed by atoms with Gasteiger partial charge in [-0.05, 0) is 18.1 Å². The molecule has 0 bridgehead atoms. The SMILES string of the molecule is CC.CCc1ccnc(OC)c1.[V]. The van der Waals surface area contributed by atoms with Gasteiger partial charge in [-0.15, -0.1) is 0 Å². The van der Waals surface area contributed by atoms with Gasteiger partial charge in [-0.2, -0.15) is 0 Å². The van der Waals surface area contributed by atoms with Crippen molar-refractivity contribution in [2.24, 2.45) is 0 Å². The Morgan fingerprint density at radius 1 is 1.38 bits per heavy atom. The van der Waals surface area contributed by atoms with E-state index in [1.807, 2.05) is 26.0 Å². The van der Waals surface area contributed by atoms with E-state index in [2.05, 4.69) is 11.9 Å². The number of methoxy groups -OCH3 is 1. The standard InChI is InChI=1S/C8H11NO.C2H6.V/c1-3-7-4-5-9-8(6-7)10-2;1-2;/h4-6H,3H2,1-2H3;1-2H3;. The Kier molecular flexibility index (Phi) is 11.1. The fraction of sp³-hybridized carbons (Fsp3) is 0.500. The van der Waals surface area contributed by atoms with Crippen molar-refractivity contribution in [3.05, 3.63) is 23.9 Å². The molecule has 0 aliphatic rings. The second-order valence-electron chi connectivity index (χ2n) is 2.06. The molecular weight excluding hydrogens is 201 g/mol. The van der Waals surface area contributed by atoms with E-state index in [-0.39, 0.29) is 18.6 Å². The van der Waals surface area contributed by atoms with Crippen molar-refractivity contribution in [2.75, 3.05) is 7.11 Å². The van der Waals surface area contributed by atoms with E-state index in [0.717, 1.165) is 6.42 Å². The predicted molar refractivity (Wildman–Crippen MR) is 51.5 cm³/mol. The molecule has 0 aromatic carbocycles. The molecule has 13 heavy (non-hydrogen) atoms. The van der Waals surface area contributed by atoms with Gasteiger partial charge in [0.2, 0.25) is 5.88 Å². The monoisotopic (exact) mass is 218 g/mol. The molecule has 3 heteroatoms. The number of aromatic nitrogens is 1. The van der Waals surface area contributed by atoms with Crippen LogP contribution in [0.2, 0.25) is 0 Å². The summed E-state index contributed by atoms with van der Waals surface area (Å²) in [4.78, 5) is 3.98. The summed E-state index contributed by atoms with van der Waals surface area (Å²) in [7, 11) is 1.63. The third kappa shape index (κ3) is 5.72. The fourth-order valence-electron chi connectivity index (χ4n) is 0.782. The molecule has 0 spiro atoms. The summed E-state index contributed by atoms with van der Waals surface area (Å²) in [5.74, 6) is 0.694. The largest absolute Gasteiger partial charge is 0.481 e. The van der Waals surface area contributed by atoms with Crippen molar-refractivity contribution in [2.45, 2.75) is 27.2 Å². The molecule has 1 aromatic rings. The third-order valence-electron chi connectivity index (χ3n) is 1.42. The van der Waals surface area contributed by atoms with Crippen LogP contribution in [-0.4, -0.2) is 12.1 Å². The van der Waals surface area contributed by atoms with E-state index < -0.39 is 0 Å². The summed E-state index contributed by atoms with van der Waals surface area (Å²) in [5.41, 5.74) is 1.26. The van der Waals surface area contributed by atoms with Crippen molar-refractivity contribution in [3.8, 4) is 5.88 Å². The molecule has 0 saturated carbocycles. The summed E-state index contributed by atoms with van der Waals surface area (Å²) in [6.45, 7) is 6.11. The van der Waals surface area contributed by atoms with Gasteiger partial charge in [0, 0.05) is 30.8 Å². The summed E-state index contributed by atoms with van der Waals surface area (Å²) >= 11 is 0. The zero-order valence-electron chi connectivity index (χ0n) is 8.74. The summed E-state index contributed by atoms with van der Waals surface area (Å²) in [5, 5.41) is 0. The topological polar surface area (TPSA) is 22.1 Å². The van der Waals surface area contributed by atoms with Crippen molar-refractivity contribution in [1.29, 1.82) is 0 Å². The van der Waals surface area contributed by atoms with Crippen molar-refractivity contribution in [3.63, 3.8) is 0 Å². The van der Waals surface area contributed by atoms with E-state index in [4.69, 9.17) is 4.74 Å². The third-order valence-corrected chi connectivity index (χ3v) is 1.42. The number of rotatable bonds is 2. The minimum atomic E-state index is 0. The van der Waals surface area contributed by atoms with Gasteiger partial charge in [-0.3, -0.25) is 0 Å². The van der Waals surface area contributed by atoms with Gasteiger partial charge >= 0.3 is 0 Å². The van der Waals surface area contributed by atoms with Crippen LogP contribution >= 0.6 is 0 Å². The summed E-state index contributed by atoms with van der Waals surface area (Å²) < 4.78 is 4.95. The van der Waals surface area contributed by atoms with E-state index in [9.17, 15) is 0 Å². The van der Waals surface area contributed by atoms with Crippen molar-refractivity contribution < 1.29 is 23.3 Å². The molecule has 73 valence electrons. The van der Waals surface area contributed by atoms with Crippen molar-refractivity contribution >= 4 is 0 Å². The molecule has 1 aromatic heterocycles. The van der Waals surface area contributed by atoms with Crippen molar-refractivity contribution in [1.82, 2.24) is 4.98 Å². The fourth-order valence-corrected chi connectivity index (χ4v) is 0.782. The Morgan fingerprint density at radius 3 is 2.46 bits per heavy atom. The number of hydrogen-bond donors (Lipinski definition) is 0. The molecule has 0 fully saturated rings. The average Bonchev–Trinajstić information content (AvgIpc) is 2.21. The first-order valence-corrected chi connectivity index (χ1v) is 4.35. The molecule has 0 aliphatic carbocycles. The summed E-state index contributed by atoms with van der Waals surface area (Å²) in [6, 6.07) is 3.93. The molecule has 0 N–H and O–H groups in total. The van der Waals surface area contributed by atoms with E-state index in [1.165, 1.54) is 5.56 Å². The van der Waals surface area contributed by atoms with Crippen LogP contribution in [0.3, 0.4) is 0 Å². The van der Waals surface area contributed by atoms with Gasteiger partial charge in [0.05, 0.1) is 7.11 Å². The maximum atomic E-state index is 4.95. The van der Waals surface area contributed by atoms with Gasteiger partial charge in [-0.25, -0.2) is 4.98 Å². The molecule has 0 amide bonds. The Hall–Kier alpha value is -0.466. The van der Waals surface area contributed by atoms with Gasteiger partial charge < -0.3 is 4.74 Å². The van der Waals surface area contributed by atoms with Gasteiger partial charge in [0.1, 0.15) is 0 Å². The van der Waals surface area contributed by atoms with E-state index in [0.29, 0.717) is 5.88 Å². The number of aryl methyl sites for hydroxylation is 1. The van der Waals surface area contributed by atoms with Crippen LogP contribution in [0, 0.1) is 0 Å². The van der Waals surface area contributed by atoms with Crippen LogP contribution in [0.5, 0.6) is 5.88 Å². The zero-order chi connectivity index (χ0) is 9.40. The Bertz CT molecular complexity index is 197. The maximum Gasteiger partial charge on any atom is 0.213 e. The predicted octanol–water partition coefficient (Wildman–Crippen LogP) is 2.68. The first-order valence-electron chi connectivity index (χ1n) is 4.35. The Labute approximate surface area is 92.6 Å². The first kappa shape index (κ1) is 15.0. The normalized spacial score (nSPS) is 7.69. The van der Waals surface area contributed by atoms with E-state index in [1.54, 1.807) is 13.3 Å². The Morgan fingerprint density at radius 2 is 2.00 bits per heavy atom. The number of nitrogens with zero attached hydrogens (tertiary/aromatic N) is 1. The molecule has 1 heterocycles. The summed E-state index contributed by atoms with van der Waals surface area (Å²) in [6.07, 6.45) is 2.79. The minimum Gasteiger partial charge on any atom is -0.481 e. The molecule has 0 saturated heterocycles. The number of pyridine rings is 1. The van der Waals surface area contributed by atoms with Gasteiger partial charge in [0.25, 0.3) is 0 Å². The second-order valence-corrected chi connectivity index (χ2v) is 2.06. The number of hydrogen-bond acceptors (Lipinski definition) is 2. The average molecular weight is 218 g/mol. The first-order chi connectivity index (χ1) is 5.86. The van der Waals surface area contributed by atoms with Crippen LogP contribution in [0.15, 0.2) is 18.3 Å². The quantitative estimate of drug-likeness (QED) is 0.761. The van der Waals surface area contributed by atoms with Gasteiger partial charge in [0.15, 0.2) is 0 Å². The Balaban J connectivity index is 0. The molecule has 2 nitrogen and oxygen atoms in total. The van der Waals surface area contributed by atoms with Crippen LogP contribution < -0.4 is 4.74 Å². The second kappa shape index (κ2) is 9.62. The smallest absolute Gasteiger partial charge is 0.213 e. The molecular formula is C10H17NOV. The van der Waals surface area contributed by atoms with Crippen LogP contribution in [0.25, 0.3) is 0 Å². The van der Waals surface area contributed by atoms with Crippen LogP contribution in [0.1, 0.15) is 26.3 Å². The molecule has 0 aliphatic heterocycles. The maximum absolute atomic E-state index is 4.95. The zero-order valence-corrected chi connectivity index (χ0v) is 10.1. The molecule has 0 unspecified atom stereocenters.